The molecule has 0 atom stereocenters. The zero-order chi connectivity index (χ0) is 27.5. The number of rotatable bonds is 27. The second-order valence-electron chi connectivity index (χ2n) is 10.1. The Morgan fingerprint density at radius 3 is 1.30 bits per heavy atom. The van der Waals surface area contributed by atoms with Crippen LogP contribution in [0.4, 0.5) is 4.79 Å². The minimum absolute atomic E-state index is 0.352. The van der Waals surface area contributed by atoms with Gasteiger partial charge in [0.2, 0.25) is 0 Å². The SMILES string of the molecule is CCCCCCCCCCOCCOCCOCCOCCOCCOCCN(C)C(=O)OC(C)(C)C. The lowest BCUT2D eigenvalue weighted by Gasteiger charge is -2.24. The maximum absolute atomic E-state index is 11.8. The van der Waals surface area contributed by atoms with Crippen molar-refractivity contribution in [3.63, 3.8) is 0 Å². The highest BCUT2D eigenvalue weighted by Gasteiger charge is 2.19. The smallest absolute Gasteiger partial charge is 0.410 e. The second kappa shape index (κ2) is 26.6. The summed E-state index contributed by atoms with van der Waals surface area (Å²) in [7, 11) is 1.69. The van der Waals surface area contributed by atoms with Gasteiger partial charge in [-0.05, 0) is 27.2 Å². The maximum atomic E-state index is 11.8. The Labute approximate surface area is 226 Å². The van der Waals surface area contributed by atoms with E-state index >= 15 is 0 Å². The normalized spacial score (nSPS) is 11.7. The van der Waals surface area contributed by atoms with E-state index in [1.54, 1.807) is 7.05 Å². The van der Waals surface area contributed by atoms with Crippen LogP contribution in [-0.4, -0.2) is 109 Å². The largest absolute Gasteiger partial charge is 0.444 e. The lowest BCUT2D eigenvalue weighted by molar-refractivity contribution is -0.0180. The summed E-state index contributed by atoms with van der Waals surface area (Å²) in [6.45, 7) is 14.9. The van der Waals surface area contributed by atoms with Crippen molar-refractivity contribution in [2.75, 3.05) is 92.9 Å². The first-order valence-electron chi connectivity index (χ1n) is 14.3. The third-order valence-corrected chi connectivity index (χ3v) is 5.28. The number of hydrogen-bond donors (Lipinski definition) is 0. The van der Waals surface area contributed by atoms with E-state index in [2.05, 4.69) is 6.92 Å². The molecule has 0 aromatic carbocycles. The van der Waals surface area contributed by atoms with Crippen molar-refractivity contribution >= 4 is 6.09 Å². The number of hydrogen-bond acceptors (Lipinski definition) is 8. The van der Waals surface area contributed by atoms with Gasteiger partial charge in [-0.1, -0.05) is 51.9 Å². The quantitative estimate of drug-likeness (QED) is 0.134. The molecule has 0 unspecified atom stereocenters. The molecule has 222 valence electrons. The van der Waals surface area contributed by atoms with E-state index in [1.165, 1.54) is 49.8 Å². The summed E-state index contributed by atoms with van der Waals surface area (Å²) in [4.78, 5) is 13.3. The molecule has 0 N–H and O–H groups in total. The number of ether oxygens (including phenoxy) is 7. The van der Waals surface area contributed by atoms with Crippen LogP contribution in [0.1, 0.15) is 79.1 Å². The fourth-order valence-electron chi connectivity index (χ4n) is 3.17. The lowest BCUT2D eigenvalue weighted by atomic mass is 10.1. The topological polar surface area (TPSA) is 84.9 Å². The fourth-order valence-corrected chi connectivity index (χ4v) is 3.17. The highest BCUT2D eigenvalue weighted by atomic mass is 16.6. The maximum Gasteiger partial charge on any atom is 0.410 e. The fraction of sp³-hybridized carbons (Fsp3) is 0.964. The van der Waals surface area contributed by atoms with Crippen LogP contribution in [0, 0.1) is 0 Å². The number of carbonyl (C=O) groups is 1. The standard InChI is InChI=1S/C28H57NO8/c1-6-7-8-9-10-11-12-13-15-31-17-19-33-21-23-35-25-26-36-24-22-34-20-18-32-16-14-29(5)27(30)37-28(2,3)4/h6-26H2,1-5H3. The van der Waals surface area contributed by atoms with Gasteiger partial charge in [-0.25, -0.2) is 4.79 Å². The van der Waals surface area contributed by atoms with Crippen molar-refractivity contribution < 1.29 is 38.0 Å². The monoisotopic (exact) mass is 535 g/mol. The number of nitrogens with zero attached hydrogens (tertiary/aromatic N) is 1. The molecular formula is C28H57NO8. The molecule has 37 heavy (non-hydrogen) atoms. The Morgan fingerprint density at radius 2 is 0.892 bits per heavy atom. The molecule has 0 bridgehead atoms. The van der Waals surface area contributed by atoms with E-state index in [1.807, 2.05) is 20.8 Å². The summed E-state index contributed by atoms with van der Waals surface area (Å²) >= 11 is 0. The molecule has 0 heterocycles. The average molecular weight is 536 g/mol. The predicted octanol–water partition coefficient (Wildman–Crippen LogP) is 5.09. The van der Waals surface area contributed by atoms with Crippen LogP contribution >= 0.6 is 0 Å². The van der Waals surface area contributed by atoms with E-state index in [4.69, 9.17) is 33.2 Å². The lowest BCUT2D eigenvalue weighted by Crippen LogP contribution is -2.36. The molecule has 0 aliphatic rings. The van der Waals surface area contributed by atoms with E-state index in [0.29, 0.717) is 79.2 Å². The molecule has 0 saturated carbocycles. The molecule has 0 fully saturated rings. The van der Waals surface area contributed by atoms with Crippen LogP contribution in [0.3, 0.4) is 0 Å². The van der Waals surface area contributed by atoms with Gasteiger partial charge in [-0.3, -0.25) is 0 Å². The first kappa shape index (κ1) is 36.0. The third kappa shape index (κ3) is 29.4. The number of carbonyl (C=O) groups excluding carboxylic acids is 1. The van der Waals surface area contributed by atoms with Gasteiger partial charge in [0, 0.05) is 20.2 Å². The summed E-state index contributed by atoms with van der Waals surface area (Å²) in [5.41, 5.74) is -0.496. The highest BCUT2D eigenvalue weighted by molar-refractivity contribution is 5.67. The Kier molecular flexibility index (Phi) is 25.9. The van der Waals surface area contributed by atoms with E-state index in [9.17, 15) is 4.79 Å². The van der Waals surface area contributed by atoms with Gasteiger partial charge in [0.1, 0.15) is 5.60 Å². The van der Waals surface area contributed by atoms with Gasteiger partial charge in [0.25, 0.3) is 0 Å². The van der Waals surface area contributed by atoms with Crippen LogP contribution < -0.4 is 0 Å². The summed E-state index contributed by atoms with van der Waals surface area (Å²) < 4.78 is 38.3. The van der Waals surface area contributed by atoms with Crippen molar-refractivity contribution in [3.8, 4) is 0 Å². The van der Waals surface area contributed by atoms with Crippen LogP contribution in [0.25, 0.3) is 0 Å². The van der Waals surface area contributed by atoms with Crippen LogP contribution in [0.15, 0.2) is 0 Å². The third-order valence-electron chi connectivity index (χ3n) is 5.28. The van der Waals surface area contributed by atoms with Crippen LogP contribution in [0.5, 0.6) is 0 Å². The van der Waals surface area contributed by atoms with Crippen LogP contribution in [0.2, 0.25) is 0 Å². The summed E-state index contributed by atoms with van der Waals surface area (Å²) in [5.74, 6) is 0. The highest BCUT2D eigenvalue weighted by Crippen LogP contribution is 2.09. The second-order valence-corrected chi connectivity index (χ2v) is 10.1. The predicted molar refractivity (Wildman–Crippen MR) is 146 cm³/mol. The molecule has 0 aromatic heterocycles. The molecule has 0 aliphatic heterocycles. The van der Waals surface area contributed by atoms with E-state index in [-0.39, 0.29) is 6.09 Å². The zero-order valence-corrected chi connectivity index (χ0v) is 24.6. The number of likely N-dealkylation sites (N-methyl/N-ethyl adjacent to an activating group) is 1. The number of amides is 1. The summed E-state index contributed by atoms with van der Waals surface area (Å²) in [5, 5.41) is 0. The van der Waals surface area contributed by atoms with Gasteiger partial charge in [0.05, 0.1) is 72.7 Å². The Morgan fingerprint density at radius 1 is 0.541 bits per heavy atom. The van der Waals surface area contributed by atoms with E-state index < -0.39 is 5.60 Å². The van der Waals surface area contributed by atoms with Crippen molar-refractivity contribution in [1.82, 2.24) is 4.90 Å². The van der Waals surface area contributed by atoms with Gasteiger partial charge >= 0.3 is 6.09 Å². The minimum Gasteiger partial charge on any atom is -0.444 e. The van der Waals surface area contributed by atoms with Crippen molar-refractivity contribution in [3.05, 3.63) is 0 Å². The minimum atomic E-state index is -0.496. The molecule has 0 rings (SSSR count). The first-order chi connectivity index (χ1) is 17.9. The Bertz CT molecular complexity index is 487. The molecule has 1 amide bonds. The van der Waals surface area contributed by atoms with Crippen molar-refractivity contribution in [2.45, 2.75) is 84.7 Å². The first-order valence-corrected chi connectivity index (χ1v) is 14.3. The van der Waals surface area contributed by atoms with E-state index in [0.717, 1.165) is 13.0 Å². The Balaban J connectivity index is 3.17. The molecule has 9 heteroatoms. The van der Waals surface area contributed by atoms with Crippen LogP contribution in [-0.2, 0) is 33.2 Å². The van der Waals surface area contributed by atoms with Crippen molar-refractivity contribution in [2.24, 2.45) is 0 Å². The Hall–Kier alpha value is -0.970. The van der Waals surface area contributed by atoms with Gasteiger partial charge in [-0.2, -0.15) is 0 Å². The molecule has 0 saturated heterocycles. The average Bonchev–Trinajstić information content (AvgIpc) is 2.85. The van der Waals surface area contributed by atoms with Crippen molar-refractivity contribution in [1.29, 1.82) is 0 Å². The van der Waals surface area contributed by atoms with Gasteiger partial charge in [-0.15, -0.1) is 0 Å². The molecule has 0 radical (unpaired) electrons. The van der Waals surface area contributed by atoms with Gasteiger partial charge < -0.3 is 38.1 Å². The molecule has 9 nitrogen and oxygen atoms in total. The number of unbranched alkanes of at least 4 members (excludes halogenated alkanes) is 7. The molecule has 0 aromatic rings. The molecule has 0 aliphatic carbocycles. The molecular weight excluding hydrogens is 478 g/mol. The molecule has 0 spiro atoms. The van der Waals surface area contributed by atoms with Gasteiger partial charge in [0.15, 0.2) is 0 Å². The summed E-state index contributed by atoms with van der Waals surface area (Å²) in [6.07, 6.45) is 10.2. The summed E-state index contributed by atoms with van der Waals surface area (Å²) in [6, 6.07) is 0. The zero-order valence-electron chi connectivity index (χ0n) is 24.6.